The van der Waals surface area contributed by atoms with Gasteiger partial charge in [-0.1, -0.05) is 36.9 Å². The van der Waals surface area contributed by atoms with Crippen LogP contribution >= 0.6 is 0 Å². The lowest BCUT2D eigenvalue weighted by Crippen LogP contribution is -2.42. The number of carbonyl (C=O) groups is 1. The summed E-state index contributed by atoms with van der Waals surface area (Å²) >= 11 is 0. The molecule has 2 saturated heterocycles. The average molecular weight is 491 g/mol. The van der Waals surface area contributed by atoms with Gasteiger partial charge in [-0.15, -0.1) is 0 Å². The molecule has 0 unspecified atom stereocenters. The van der Waals surface area contributed by atoms with Gasteiger partial charge in [-0.3, -0.25) is 9.69 Å². The summed E-state index contributed by atoms with van der Waals surface area (Å²) in [6, 6.07) is 15.5. The fraction of sp³-hybridized carbons (Fsp3) is 0.414. The van der Waals surface area contributed by atoms with Gasteiger partial charge in [0, 0.05) is 43.7 Å². The standard InChI is InChI=1S/C29H34N2O5/c1-2-15-35-25-8-4-3-6-21(25)20-31-13-11-29(33,12-14-31)23-9-10-26-22(17-23)18-27(36-26)28(32)30-19-24-7-5-16-34-24/h2-4,6,8-10,17-18,24,33H,1,5,7,11-16,19-20H2,(H,30,32)/t24-/m1/s1. The van der Waals surface area contributed by atoms with Crippen LogP contribution in [0.3, 0.4) is 0 Å². The molecule has 0 saturated carbocycles. The number of furan rings is 1. The highest BCUT2D eigenvalue weighted by Gasteiger charge is 2.34. The van der Waals surface area contributed by atoms with Crippen molar-refractivity contribution in [2.45, 2.75) is 43.9 Å². The second-order valence-corrected chi connectivity index (χ2v) is 9.72. The number of hydrogen-bond donors (Lipinski definition) is 2. The fourth-order valence-electron chi connectivity index (χ4n) is 5.08. The Morgan fingerprint density at radius 3 is 2.83 bits per heavy atom. The number of carbonyl (C=O) groups excluding carboxylic acids is 1. The zero-order chi connectivity index (χ0) is 25.0. The second kappa shape index (κ2) is 10.9. The molecule has 2 aliphatic rings. The maximum atomic E-state index is 12.6. The number of likely N-dealkylation sites (tertiary alicyclic amines) is 1. The van der Waals surface area contributed by atoms with E-state index in [-0.39, 0.29) is 17.8 Å². The normalized spacial score (nSPS) is 19.9. The molecule has 2 aromatic carbocycles. The van der Waals surface area contributed by atoms with E-state index >= 15 is 0 Å². The number of para-hydroxylation sites is 1. The number of benzene rings is 2. The monoisotopic (exact) mass is 490 g/mol. The predicted octanol–water partition coefficient (Wildman–Crippen LogP) is 4.39. The minimum Gasteiger partial charge on any atom is -0.489 e. The topological polar surface area (TPSA) is 84.2 Å². The van der Waals surface area contributed by atoms with E-state index in [0.717, 1.165) is 61.3 Å². The van der Waals surface area contributed by atoms with Crippen molar-refractivity contribution >= 4 is 16.9 Å². The Bertz CT molecular complexity index is 1210. The third-order valence-corrected chi connectivity index (χ3v) is 7.20. The number of fused-ring (bicyclic) bond motifs is 1. The minimum absolute atomic E-state index is 0.0817. The molecule has 36 heavy (non-hydrogen) atoms. The van der Waals surface area contributed by atoms with Gasteiger partial charge in [-0.2, -0.15) is 0 Å². The number of amides is 1. The van der Waals surface area contributed by atoms with E-state index in [2.05, 4.69) is 22.9 Å². The lowest BCUT2D eigenvalue weighted by molar-refractivity contribution is -0.0277. The Balaban J connectivity index is 1.22. The van der Waals surface area contributed by atoms with Crippen LogP contribution in [0.5, 0.6) is 5.75 Å². The van der Waals surface area contributed by atoms with Crippen LogP contribution in [0.25, 0.3) is 11.0 Å². The quantitative estimate of drug-likeness (QED) is 0.433. The second-order valence-electron chi connectivity index (χ2n) is 9.72. The van der Waals surface area contributed by atoms with Crippen LogP contribution in [0.2, 0.25) is 0 Å². The van der Waals surface area contributed by atoms with Crippen molar-refractivity contribution in [1.29, 1.82) is 0 Å². The Hall–Kier alpha value is -3.13. The maximum absolute atomic E-state index is 12.6. The van der Waals surface area contributed by atoms with Gasteiger partial charge in [-0.05, 0) is 55.5 Å². The van der Waals surface area contributed by atoms with Crippen molar-refractivity contribution in [1.82, 2.24) is 10.2 Å². The molecule has 190 valence electrons. The van der Waals surface area contributed by atoms with Crippen molar-refractivity contribution in [2.75, 3.05) is 32.8 Å². The number of hydrogen-bond acceptors (Lipinski definition) is 6. The zero-order valence-electron chi connectivity index (χ0n) is 20.6. The van der Waals surface area contributed by atoms with Crippen LogP contribution in [0.4, 0.5) is 0 Å². The molecule has 2 N–H and O–H groups in total. The first-order chi connectivity index (χ1) is 17.5. The number of ether oxygens (including phenoxy) is 2. The summed E-state index contributed by atoms with van der Waals surface area (Å²) in [5.41, 5.74) is 1.72. The van der Waals surface area contributed by atoms with E-state index in [9.17, 15) is 9.90 Å². The third-order valence-electron chi connectivity index (χ3n) is 7.20. The van der Waals surface area contributed by atoms with E-state index in [1.807, 2.05) is 36.4 Å². The molecule has 3 heterocycles. The Labute approximate surface area is 211 Å². The van der Waals surface area contributed by atoms with Gasteiger partial charge in [0.1, 0.15) is 17.9 Å². The summed E-state index contributed by atoms with van der Waals surface area (Å²) in [5.74, 6) is 0.908. The first-order valence-electron chi connectivity index (χ1n) is 12.7. The van der Waals surface area contributed by atoms with E-state index in [0.29, 0.717) is 31.6 Å². The van der Waals surface area contributed by atoms with Crippen molar-refractivity contribution in [2.24, 2.45) is 0 Å². The summed E-state index contributed by atoms with van der Waals surface area (Å²) in [4.78, 5) is 14.9. The molecule has 3 aromatic rings. The molecule has 0 bridgehead atoms. The molecule has 1 aromatic heterocycles. The lowest BCUT2D eigenvalue weighted by Gasteiger charge is -2.38. The minimum atomic E-state index is -0.914. The van der Waals surface area contributed by atoms with Gasteiger partial charge < -0.3 is 24.3 Å². The van der Waals surface area contributed by atoms with Crippen LogP contribution in [0.15, 0.2) is 65.6 Å². The molecule has 0 radical (unpaired) electrons. The molecule has 7 heteroatoms. The molecule has 7 nitrogen and oxygen atoms in total. The third kappa shape index (κ3) is 5.48. The number of aliphatic hydroxyl groups is 1. The van der Waals surface area contributed by atoms with Crippen LogP contribution in [0.1, 0.15) is 47.4 Å². The van der Waals surface area contributed by atoms with Crippen molar-refractivity contribution in [3.05, 3.63) is 78.1 Å². The predicted molar refractivity (Wildman–Crippen MR) is 138 cm³/mol. The summed E-state index contributed by atoms with van der Waals surface area (Å²) in [7, 11) is 0. The highest BCUT2D eigenvalue weighted by Crippen LogP contribution is 2.36. The highest BCUT2D eigenvalue weighted by atomic mass is 16.5. The van der Waals surface area contributed by atoms with Crippen LogP contribution in [0, 0.1) is 0 Å². The Kier molecular flexibility index (Phi) is 7.41. The van der Waals surface area contributed by atoms with Gasteiger partial charge in [0.15, 0.2) is 5.76 Å². The smallest absolute Gasteiger partial charge is 0.287 e. The largest absolute Gasteiger partial charge is 0.489 e. The summed E-state index contributed by atoms with van der Waals surface area (Å²) in [6.07, 6.45) is 5.08. The van der Waals surface area contributed by atoms with Crippen molar-refractivity contribution in [3.63, 3.8) is 0 Å². The number of rotatable bonds is 9. The summed E-state index contributed by atoms with van der Waals surface area (Å²) in [5, 5.41) is 15.2. The fourth-order valence-corrected chi connectivity index (χ4v) is 5.08. The van der Waals surface area contributed by atoms with Crippen molar-refractivity contribution in [3.8, 4) is 5.75 Å². The van der Waals surface area contributed by atoms with Crippen LogP contribution in [-0.4, -0.2) is 54.9 Å². The van der Waals surface area contributed by atoms with Gasteiger partial charge in [0.05, 0.1) is 11.7 Å². The van der Waals surface area contributed by atoms with E-state index in [4.69, 9.17) is 13.9 Å². The number of nitrogens with zero attached hydrogens (tertiary/aromatic N) is 1. The lowest BCUT2D eigenvalue weighted by atomic mass is 9.84. The molecule has 2 aliphatic heterocycles. The van der Waals surface area contributed by atoms with Crippen LogP contribution < -0.4 is 10.1 Å². The Morgan fingerprint density at radius 1 is 1.22 bits per heavy atom. The average Bonchev–Trinajstić information content (AvgIpc) is 3.58. The molecule has 1 amide bonds. The van der Waals surface area contributed by atoms with E-state index in [1.54, 1.807) is 12.1 Å². The molecule has 1 atom stereocenters. The van der Waals surface area contributed by atoms with Crippen molar-refractivity contribution < 1.29 is 23.8 Å². The van der Waals surface area contributed by atoms with E-state index < -0.39 is 5.60 Å². The summed E-state index contributed by atoms with van der Waals surface area (Å²) < 4.78 is 17.2. The van der Waals surface area contributed by atoms with Crippen LogP contribution in [-0.2, 0) is 16.9 Å². The maximum Gasteiger partial charge on any atom is 0.287 e. The molecular formula is C29H34N2O5. The molecule has 2 fully saturated rings. The summed E-state index contributed by atoms with van der Waals surface area (Å²) in [6.45, 7) is 7.76. The Morgan fingerprint density at radius 2 is 2.06 bits per heavy atom. The highest BCUT2D eigenvalue weighted by molar-refractivity contribution is 5.96. The zero-order valence-corrected chi connectivity index (χ0v) is 20.6. The van der Waals surface area contributed by atoms with Gasteiger partial charge >= 0.3 is 0 Å². The SMILES string of the molecule is C=CCOc1ccccc1CN1CCC(O)(c2ccc3oc(C(=O)NC[C@H]4CCCO4)cc3c2)CC1. The van der Waals surface area contributed by atoms with Gasteiger partial charge in [0.25, 0.3) is 5.91 Å². The van der Waals surface area contributed by atoms with Gasteiger partial charge in [-0.25, -0.2) is 0 Å². The molecule has 0 aliphatic carbocycles. The number of piperidine rings is 1. The molecule has 0 spiro atoms. The molecular weight excluding hydrogens is 456 g/mol. The van der Waals surface area contributed by atoms with Gasteiger partial charge in [0.2, 0.25) is 0 Å². The van der Waals surface area contributed by atoms with E-state index in [1.165, 1.54) is 0 Å². The first-order valence-corrected chi connectivity index (χ1v) is 12.7. The number of nitrogens with one attached hydrogen (secondary N) is 1. The first kappa shape index (κ1) is 24.6. The molecule has 5 rings (SSSR count).